The summed E-state index contributed by atoms with van der Waals surface area (Å²) in [5, 5.41) is 7.48. The molecule has 0 fully saturated rings. The van der Waals surface area contributed by atoms with Crippen LogP contribution in [-0.2, 0) is 11.3 Å². The number of hydrogen-bond donors (Lipinski definition) is 2. The lowest BCUT2D eigenvalue weighted by Crippen LogP contribution is -2.24. The van der Waals surface area contributed by atoms with Crippen LogP contribution in [0.3, 0.4) is 0 Å². The Kier molecular flexibility index (Phi) is 8.63. The summed E-state index contributed by atoms with van der Waals surface area (Å²) in [6.07, 6.45) is 1.11. The first kappa shape index (κ1) is 15.9. The second kappa shape index (κ2) is 9.75. The lowest BCUT2D eigenvalue weighted by molar-refractivity contribution is 0.199. The van der Waals surface area contributed by atoms with Crippen molar-refractivity contribution in [3.63, 3.8) is 0 Å². The van der Waals surface area contributed by atoms with Gasteiger partial charge in [0, 0.05) is 29.7 Å². The molecule has 0 spiro atoms. The van der Waals surface area contributed by atoms with Crippen LogP contribution in [0.1, 0.15) is 12.0 Å². The third-order valence-corrected chi connectivity index (χ3v) is 3.49. The van der Waals surface area contributed by atoms with Crippen molar-refractivity contribution < 1.29 is 4.74 Å². The maximum atomic E-state index is 5.89. The molecule has 0 amide bonds. The maximum Gasteiger partial charge on any atom is 0.0587 e. The first-order valence-corrected chi connectivity index (χ1v) is 7.25. The second-order valence-corrected chi connectivity index (χ2v) is 5.30. The van der Waals surface area contributed by atoms with Gasteiger partial charge in [-0.05, 0) is 37.2 Å². The predicted octanol–water partition coefficient (Wildman–Crippen LogP) is 2.82. The fourth-order valence-corrected chi connectivity index (χ4v) is 2.35. The zero-order valence-electron chi connectivity index (χ0n) is 10.6. The Bertz CT molecular complexity index is 350. The van der Waals surface area contributed by atoms with E-state index in [0.29, 0.717) is 0 Å². The first-order valence-electron chi connectivity index (χ1n) is 6.08. The SMILES string of the molecule is COCCNCCCNCc1ccc(Cl)cc1Br. The minimum atomic E-state index is 0.757. The highest BCUT2D eigenvalue weighted by molar-refractivity contribution is 9.10. The van der Waals surface area contributed by atoms with Crippen molar-refractivity contribution in [2.24, 2.45) is 0 Å². The molecule has 0 unspecified atom stereocenters. The van der Waals surface area contributed by atoms with Crippen LogP contribution in [0.15, 0.2) is 22.7 Å². The molecule has 0 aliphatic rings. The molecular formula is C13H20BrClN2O. The molecule has 18 heavy (non-hydrogen) atoms. The summed E-state index contributed by atoms with van der Waals surface area (Å²) in [5.41, 5.74) is 1.23. The zero-order valence-corrected chi connectivity index (χ0v) is 13.0. The molecule has 3 nitrogen and oxygen atoms in total. The van der Waals surface area contributed by atoms with Crippen molar-refractivity contribution in [1.82, 2.24) is 10.6 Å². The van der Waals surface area contributed by atoms with E-state index in [0.717, 1.165) is 48.7 Å². The number of hydrogen-bond acceptors (Lipinski definition) is 3. The molecule has 1 aromatic carbocycles. The molecule has 102 valence electrons. The van der Waals surface area contributed by atoms with Crippen LogP contribution >= 0.6 is 27.5 Å². The molecule has 0 bridgehead atoms. The summed E-state index contributed by atoms with van der Waals surface area (Å²) >= 11 is 9.40. The van der Waals surface area contributed by atoms with Gasteiger partial charge in [-0.25, -0.2) is 0 Å². The molecule has 0 radical (unpaired) electrons. The quantitative estimate of drug-likeness (QED) is 0.681. The van der Waals surface area contributed by atoms with E-state index in [4.69, 9.17) is 16.3 Å². The van der Waals surface area contributed by atoms with Gasteiger partial charge in [-0.1, -0.05) is 33.6 Å². The standard InChI is InChI=1S/C13H20BrClN2O/c1-18-8-7-16-5-2-6-17-10-11-3-4-12(15)9-13(11)14/h3-4,9,16-17H,2,5-8,10H2,1H3. The third-order valence-electron chi connectivity index (χ3n) is 2.52. The van der Waals surface area contributed by atoms with Crippen molar-refractivity contribution in [2.75, 3.05) is 33.4 Å². The van der Waals surface area contributed by atoms with Crippen LogP contribution in [0.2, 0.25) is 5.02 Å². The van der Waals surface area contributed by atoms with Crippen molar-refractivity contribution in [2.45, 2.75) is 13.0 Å². The molecule has 2 N–H and O–H groups in total. The highest BCUT2D eigenvalue weighted by atomic mass is 79.9. The average molecular weight is 336 g/mol. The Morgan fingerprint density at radius 3 is 2.72 bits per heavy atom. The largest absolute Gasteiger partial charge is 0.383 e. The van der Waals surface area contributed by atoms with E-state index in [1.165, 1.54) is 5.56 Å². The van der Waals surface area contributed by atoms with Crippen LogP contribution in [0.25, 0.3) is 0 Å². The van der Waals surface area contributed by atoms with E-state index in [9.17, 15) is 0 Å². The summed E-state index contributed by atoms with van der Waals surface area (Å²) in [4.78, 5) is 0. The van der Waals surface area contributed by atoms with E-state index in [-0.39, 0.29) is 0 Å². The highest BCUT2D eigenvalue weighted by Crippen LogP contribution is 2.21. The van der Waals surface area contributed by atoms with E-state index in [2.05, 4.69) is 26.6 Å². The topological polar surface area (TPSA) is 33.3 Å². The highest BCUT2D eigenvalue weighted by Gasteiger charge is 1.99. The van der Waals surface area contributed by atoms with Crippen LogP contribution in [-0.4, -0.2) is 33.4 Å². The molecular weight excluding hydrogens is 316 g/mol. The average Bonchev–Trinajstić information content (AvgIpc) is 2.35. The molecule has 0 saturated carbocycles. The summed E-state index contributed by atoms with van der Waals surface area (Å²) in [6, 6.07) is 5.87. The van der Waals surface area contributed by atoms with E-state index < -0.39 is 0 Å². The summed E-state index contributed by atoms with van der Waals surface area (Å²) in [6.45, 7) is 4.55. The van der Waals surface area contributed by atoms with Gasteiger partial charge in [0.1, 0.15) is 0 Å². The van der Waals surface area contributed by atoms with Crippen molar-refractivity contribution in [3.05, 3.63) is 33.3 Å². The van der Waals surface area contributed by atoms with Gasteiger partial charge in [0.2, 0.25) is 0 Å². The molecule has 0 heterocycles. The smallest absolute Gasteiger partial charge is 0.0587 e. The van der Waals surface area contributed by atoms with Gasteiger partial charge in [0.25, 0.3) is 0 Å². The van der Waals surface area contributed by atoms with Crippen LogP contribution in [0, 0.1) is 0 Å². The Balaban J connectivity index is 2.07. The number of methoxy groups -OCH3 is 1. The van der Waals surface area contributed by atoms with Gasteiger partial charge in [0.15, 0.2) is 0 Å². The molecule has 0 atom stereocenters. The molecule has 0 saturated heterocycles. The third kappa shape index (κ3) is 6.71. The fourth-order valence-electron chi connectivity index (χ4n) is 1.53. The van der Waals surface area contributed by atoms with Crippen molar-refractivity contribution >= 4 is 27.5 Å². The number of halogens is 2. The van der Waals surface area contributed by atoms with Gasteiger partial charge in [-0.2, -0.15) is 0 Å². The summed E-state index contributed by atoms with van der Waals surface area (Å²) in [5.74, 6) is 0. The Labute approximate surface area is 122 Å². The molecule has 5 heteroatoms. The monoisotopic (exact) mass is 334 g/mol. The predicted molar refractivity (Wildman–Crippen MR) is 80.2 cm³/mol. The van der Waals surface area contributed by atoms with Gasteiger partial charge < -0.3 is 15.4 Å². The van der Waals surface area contributed by atoms with E-state index in [1.54, 1.807) is 7.11 Å². The molecule has 0 aliphatic carbocycles. The molecule has 0 aliphatic heterocycles. The fraction of sp³-hybridized carbons (Fsp3) is 0.538. The van der Waals surface area contributed by atoms with Gasteiger partial charge in [-0.15, -0.1) is 0 Å². The minimum Gasteiger partial charge on any atom is -0.383 e. The number of rotatable bonds is 9. The number of ether oxygens (including phenoxy) is 1. The van der Waals surface area contributed by atoms with Gasteiger partial charge >= 0.3 is 0 Å². The normalized spacial score (nSPS) is 10.8. The van der Waals surface area contributed by atoms with Crippen LogP contribution in [0.4, 0.5) is 0 Å². The maximum absolute atomic E-state index is 5.89. The number of benzene rings is 1. The Morgan fingerprint density at radius 1 is 1.22 bits per heavy atom. The first-order chi connectivity index (χ1) is 8.74. The lowest BCUT2D eigenvalue weighted by atomic mass is 10.2. The summed E-state index contributed by atoms with van der Waals surface area (Å²) < 4.78 is 6.01. The number of nitrogens with one attached hydrogen (secondary N) is 2. The Hall–Kier alpha value is -0.130. The van der Waals surface area contributed by atoms with Gasteiger partial charge in [-0.3, -0.25) is 0 Å². The van der Waals surface area contributed by atoms with Crippen LogP contribution < -0.4 is 10.6 Å². The minimum absolute atomic E-state index is 0.757. The molecule has 0 aromatic heterocycles. The van der Waals surface area contributed by atoms with E-state index >= 15 is 0 Å². The van der Waals surface area contributed by atoms with Crippen molar-refractivity contribution in [1.29, 1.82) is 0 Å². The van der Waals surface area contributed by atoms with Gasteiger partial charge in [0.05, 0.1) is 6.61 Å². The van der Waals surface area contributed by atoms with Crippen molar-refractivity contribution in [3.8, 4) is 0 Å². The molecule has 1 rings (SSSR count). The van der Waals surface area contributed by atoms with E-state index in [1.807, 2.05) is 18.2 Å². The molecule has 1 aromatic rings. The Morgan fingerprint density at radius 2 is 2.00 bits per heavy atom. The zero-order chi connectivity index (χ0) is 13.2. The van der Waals surface area contributed by atoms with Crippen LogP contribution in [0.5, 0.6) is 0 Å². The lowest BCUT2D eigenvalue weighted by Gasteiger charge is -2.08. The second-order valence-electron chi connectivity index (χ2n) is 4.01. The summed E-state index contributed by atoms with van der Waals surface area (Å²) in [7, 11) is 1.72.